The van der Waals surface area contributed by atoms with Crippen LogP contribution in [0.1, 0.15) is 54.9 Å². The molecular formula is C23H27NO3S. The molecule has 28 heavy (non-hydrogen) atoms. The predicted molar refractivity (Wildman–Crippen MR) is 110 cm³/mol. The number of carbonyl (C=O) groups excluding carboxylic acids is 1. The minimum absolute atomic E-state index is 0.0186. The van der Waals surface area contributed by atoms with Crippen molar-refractivity contribution in [3.05, 3.63) is 65.7 Å². The first-order valence-corrected chi connectivity index (χ1v) is 11.8. The third kappa shape index (κ3) is 3.48. The molecule has 0 spiro atoms. The number of benzene rings is 2. The SMILES string of the molecule is CCCc1ccc(C(=O)N2[C@@H]3CC[C@H]2CC(S(=O)(=O)c2ccccc2)C3)cc1. The summed E-state index contributed by atoms with van der Waals surface area (Å²) < 4.78 is 26.1. The van der Waals surface area contributed by atoms with Crippen LogP contribution < -0.4 is 0 Å². The van der Waals surface area contributed by atoms with Crippen molar-refractivity contribution in [3.8, 4) is 0 Å². The average molecular weight is 398 g/mol. The van der Waals surface area contributed by atoms with Gasteiger partial charge in [0.2, 0.25) is 0 Å². The monoisotopic (exact) mass is 397 g/mol. The predicted octanol–water partition coefficient (Wildman–Crippen LogP) is 4.25. The topological polar surface area (TPSA) is 54.5 Å². The van der Waals surface area contributed by atoms with Crippen molar-refractivity contribution in [1.82, 2.24) is 4.90 Å². The van der Waals surface area contributed by atoms with E-state index < -0.39 is 15.1 Å². The molecule has 1 unspecified atom stereocenters. The van der Waals surface area contributed by atoms with Gasteiger partial charge in [0.05, 0.1) is 10.1 Å². The summed E-state index contributed by atoms with van der Waals surface area (Å²) in [4.78, 5) is 15.5. The summed E-state index contributed by atoms with van der Waals surface area (Å²) in [5, 5.41) is -0.400. The average Bonchev–Trinajstić information content (AvgIpc) is 2.97. The van der Waals surface area contributed by atoms with Crippen LogP contribution in [0.15, 0.2) is 59.5 Å². The molecule has 1 amide bonds. The van der Waals surface area contributed by atoms with Crippen molar-refractivity contribution >= 4 is 15.7 Å². The van der Waals surface area contributed by atoms with Crippen LogP contribution in [0.3, 0.4) is 0 Å². The van der Waals surface area contributed by atoms with Gasteiger partial charge in [-0.3, -0.25) is 4.79 Å². The minimum Gasteiger partial charge on any atom is -0.333 e. The molecule has 2 saturated heterocycles. The van der Waals surface area contributed by atoms with Gasteiger partial charge in [-0.25, -0.2) is 8.42 Å². The van der Waals surface area contributed by atoms with E-state index in [0.29, 0.717) is 23.3 Å². The third-order valence-corrected chi connectivity index (χ3v) is 8.37. The lowest BCUT2D eigenvalue weighted by atomic mass is 10.00. The highest BCUT2D eigenvalue weighted by molar-refractivity contribution is 7.92. The van der Waals surface area contributed by atoms with Crippen molar-refractivity contribution in [3.63, 3.8) is 0 Å². The molecule has 2 aromatic carbocycles. The Hall–Kier alpha value is -2.14. The first-order chi connectivity index (χ1) is 13.5. The van der Waals surface area contributed by atoms with Crippen molar-refractivity contribution in [1.29, 1.82) is 0 Å². The van der Waals surface area contributed by atoms with Crippen LogP contribution in [0.2, 0.25) is 0 Å². The lowest BCUT2D eigenvalue weighted by molar-refractivity contribution is 0.0598. The highest BCUT2D eigenvalue weighted by Gasteiger charge is 2.47. The second kappa shape index (κ2) is 7.70. The Bertz CT molecular complexity index is 924. The van der Waals surface area contributed by atoms with Gasteiger partial charge in [0.25, 0.3) is 5.91 Å². The van der Waals surface area contributed by atoms with Crippen LogP contribution in [-0.2, 0) is 16.3 Å². The minimum atomic E-state index is -3.35. The molecular weight excluding hydrogens is 370 g/mol. The summed E-state index contributed by atoms with van der Waals surface area (Å²) in [6.45, 7) is 2.14. The van der Waals surface area contributed by atoms with E-state index in [1.165, 1.54) is 5.56 Å². The fraction of sp³-hybridized carbons (Fsp3) is 0.435. The molecule has 0 aliphatic carbocycles. The summed E-state index contributed by atoms with van der Waals surface area (Å²) in [7, 11) is -3.35. The van der Waals surface area contributed by atoms with E-state index in [1.54, 1.807) is 24.3 Å². The summed E-state index contributed by atoms with van der Waals surface area (Å²) >= 11 is 0. The van der Waals surface area contributed by atoms with Gasteiger partial charge in [-0.15, -0.1) is 0 Å². The Balaban J connectivity index is 1.52. The van der Waals surface area contributed by atoms with Gasteiger partial charge in [-0.2, -0.15) is 0 Å². The molecule has 2 fully saturated rings. The summed E-state index contributed by atoms with van der Waals surface area (Å²) in [5.74, 6) is 0.0473. The number of fused-ring (bicyclic) bond motifs is 2. The number of hydrogen-bond acceptors (Lipinski definition) is 3. The molecule has 2 aliphatic rings. The number of piperidine rings is 1. The zero-order valence-corrected chi connectivity index (χ0v) is 17.1. The van der Waals surface area contributed by atoms with Gasteiger partial charge in [0, 0.05) is 17.6 Å². The molecule has 3 atom stereocenters. The first-order valence-electron chi connectivity index (χ1n) is 10.2. The number of hydrogen-bond donors (Lipinski definition) is 0. The van der Waals surface area contributed by atoms with Gasteiger partial charge < -0.3 is 4.90 Å². The number of sulfone groups is 1. The second-order valence-corrected chi connectivity index (χ2v) is 10.2. The molecule has 2 aromatic rings. The summed E-state index contributed by atoms with van der Waals surface area (Å²) in [6, 6.07) is 16.6. The van der Waals surface area contributed by atoms with Gasteiger partial charge >= 0.3 is 0 Å². The number of rotatable bonds is 5. The molecule has 0 N–H and O–H groups in total. The molecule has 148 valence electrons. The molecule has 4 nitrogen and oxygen atoms in total. The Labute approximate surface area is 167 Å². The Morgan fingerprint density at radius 2 is 1.57 bits per heavy atom. The first kappa shape index (κ1) is 19.2. The van der Waals surface area contributed by atoms with Crippen LogP contribution in [0.5, 0.6) is 0 Å². The standard InChI is InChI=1S/C23H27NO3S/c1-2-6-17-9-11-18(12-10-17)23(25)24-19-13-14-20(24)16-22(15-19)28(26,27)21-7-4-3-5-8-21/h3-5,7-12,19-20,22H,2,6,13-16H2,1H3/t19-,20+,22?. The number of amides is 1. The van der Waals surface area contributed by atoms with Gasteiger partial charge in [0.1, 0.15) is 0 Å². The largest absolute Gasteiger partial charge is 0.333 e. The van der Waals surface area contributed by atoms with E-state index in [2.05, 4.69) is 6.92 Å². The highest BCUT2D eigenvalue weighted by Crippen LogP contribution is 2.40. The molecule has 0 aromatic heterocycles. The van der Waals surface area contributed by atoms with E-state index in [0.717, 1.165) is 25.7 Å². The van der Waals surface area contributed by atoms with Gasteiger partial charge in [-0.05, 0) is 61.9 Å². The summed E-state index contributed by atoms with van der Waals surface area (Å²) in [5.41, 5.74) is 1.95. The zero-order chi connectivity index (χ0) is 19.7. The van der Waals surface area contributed by atoms with Crippen LogP contribution >= 0.6 is 0 Å². The fourth-order valence-corrected chi connectivity index (χ4v) is 6.64. The third-order valence-electron chi connectivity index (χ3n) is 6.17. The molecule has 0 radical (unpaired) electrons. The zero-order valence-electron chi connectivity index (χ0n) is 16.3. The Kier molecular flexibility index (Phi) is 5.28. The van der Waals surface area contributed by atoms with Gasteiger partial charge in [-0.1, -0.05) is 43.7 Å². The lowest BCUT2D eigenvalue weighted by Gasteiger charge is -2.38. The number of carbonyl (C=O) groups is 1. The maximum Gasteiger partial charge on any atom is 0.254 e. The quantitative estimate of drug-likeness (QED) is 0.758. The lowest BCUT2D eigenvalue weighted by Crippen LogP contribution is -2.49. The van der Waals surface area contributed by atoms with Crippen LogP contribution in [0, 0.1) is 0 Å². The van der Waals surface area contributed by atoms with E-state index in [4.69, 9.17) is 0 Å². The highest BCUT2D eigenvalue weighted by atomic mass is 32.2. The molecule has 2 aliphatic heterocycles. The number of aryl methyl sites for hydroxylation is 1. The van der Waals surface area contributed by atoms with E-state index in [1.807, 2.05) is 35.2 Å². The maximum atomic E-state index is 13.1. The molecule has 2 bridgehead atoms. The molecule has 2 heterocycles. The van der Waals surface area contributed by atoms with Crippen molar-refractivity contribution in [2.75, 3.05) is 0 Å². The molecule has 5 heteroatoms. The normalized spacial score (nSPS) is 24.3. The van der Waals surface area contributed by atoms with Crippen LogP contribution in [0.25, 0.3) is 0 Å². The molecule has 0 saturated carbocycles. The number of nitrogens with zero attached hydrogens (tertiary/aromatic N) is 1. The van der Waals surface area contributed by atoms with Crippen LogP contribution in [0.4, 0.5) is 0 Å². The van der Waals surface area contributed by atoms with E-state index in [-0.39, 0.29) is 18.0 Å². The Morgan fingerprint density at radius 3 is 2.14 bits per heavy atom. The van der Waals surface area contributed by atoms with Gasteiger partial charge in [0.15, 0.2) is 9.84 Å². The molecule has 4 rings (SSSR count). The summed E-state index contributed by atoms with van der Waals surface area (Å²) in [6.07, 6.45) is 4.96. The van der Waals surface area contributed by atoms with E-state index in [9.17, 15) is 13.2 Å². The van der Waals surface area contributed by atoms with E-state index >= 15 is 0 Å². The Morgan fingerprint density at radius 1 is 0.964 bits per heavy atom. The second-order valence-electron chi connectivity index (χ2n) is 8.00. The van der Waals surface area contributed by atoms with Crippen molar-refractivity contribution in [2.24, 2.45) is 0 Å². The smallest absolute Gasteiger partial charge is 0.254 e. The van der Waals surface area contributed by atoms with Crippen molar-refractivity contribution < 1.29 is 13.2 Å². The van der Waals surface area contributed by atoms with Crippen molar-refractivity contribution in [2.45, 2.75) is 67.7 Å². The fourth-order valence-electron chi connectivity index (χ4n) is 4.77. The maximum absolute atomic E-state index is 13.1. The van der Waals surface area contributed by atoms with Crippen LogP contribution in [-0.4, -0.2) is 36.6 Å².